The van der Waals surface area contributed by atoms with Gasteiger partial charge in [0.2, 0.25) is 5.72 Å². The molecule has 0 aliphatic heterocycles. The predicted octanol–water partition coefficient (Wildman–Crippen LogP) is 3.05. The van der Waals surface area contributed by atoms with Crippen LogP contribution in [0.3, 0.4) is 0 Å². The Morgan fingerprint density at radius 3 is 2.30 bits per heavy atom. The van der Waals surface area contributed by atoms with E-state index in [1.54, 1.807) is 0 Å². The molecule has 1 unspecified atom stereocenters. The molecule has 0 aliphatic carbocycles. The lowest BCUT2D eigenvalue weighted by Crippen LogP contribution is -2.48. The Balaban J connectivity index is 4.09. The van der Waals surface area contributed by atoms with Crippen molar-refractivity contribution in [1.82, 2.24) is 0 Å². The zero-order valence-corrected chi connectivity index (χ0v) is 15.3. The van der Waals surface area contributed by atoms with E-state index in [-0.39, 0.29) is 25.5 Å². The molecule has 134 valence electrons. The first-order chi connectivity index (χ1) is 10.6. The molecule has 6 nitrogen and oxygen atoms in total. The molecule has 0 bridgehead atoms. The van der Waals surface area contributed by atoms with Crippen LogP contribution in [0.4, 0.5) is 0 Å². The van der Waals surface area contributed by atoms with Gasteiger partial charge in [-0.15, -0.1) is 0 Å². The lowest BCUT2D eigenvalue weighted by Gasteiger charge is -2.24. The van der Waals surface area contributed by atoms with Crippen LogP contribution in [0.25, 0.3) is 0 Å². The Hall–Kier alpha value is -0.560. The van der Waals surface area contributed by atoms with E-state index >= 15 is 0 Å². The summed E-state index contributed by atoms with van der Waals surface area (Å²) in [6.07, 6.45) is 4.41. The summed E-state index contributed by atoms with van der Waals surface area (Å²) in [5, 5.41) is 0. The van der Waals surface area contributed by atoms with Crippen LogP contribution in [0, 0.1) is 0 Å². The molecule has 0 amide bonds. The van der Waals surface area contributed by atoms with E-state index in [0.29, 0.717) is 6.61 Å². The van der Waals surface area contributed by atoms with Gasteiger partial charge in [-0.25, -0.2) is 4.79 Å². The highest BCUT2D eigenvalue weighted by molar-refractivity contribution is 6.75. The molecule has 0 radical (unpaired) electrons. The number of carbonyl (C=O) groups is 3. The van der Waals surface area contributed by atoms with Crippen molar-refractivity contribution < 1.29 is 23.9 Å². The predicted molar refractivity (Wildman–Crippen MR) is 88.3 cm³/mol. The third-order valence-electron chi connectivity index (χ3n) is 2.92. The van der Waals surface area contributed by atoms with Gasteiger partial charge in [-0.3, -0.25) is 15.3 Å². The fourth-order valence-corrected chi connectivity index (χ4v) is 1.78. The van der Waals surface area contributed by atoms with Crippen molar-refractivity contribution in [3.8, 4) is 0 Å². The molecule has 0 aromatic carbocycles. The van der Waals surface area contributed by atoms with Gasteiger partial charge in [0, 0.05) is 12.8 Å². The zero-order chi connectivity index (χ0) is 17.9. The number of esters is 2. The second kappa shape index (κ2) is 11.1. The number of carbonyl (C=O) groups excluding carboxylic acids is 3. The van der Waals surface area contributed by atoms with E-state index in [1.165, 1.54) is 0 Å². The molecule has 0 saturated heterocycles. The highest BCUT2D eigenvalue weighted by atomic mass is 35.6. The summed E-state index contributed by atoms with van der Waals surface area (Å²) in [7, 11) is 0. The van der Waals surface area contributed by atoms with Gasteiger partial charge in [-0.1, -0.05) is 61.0 Å². The first kappa shape index (κ1) is 22.4. The molecule has 2 N–H and O–H groups in total. The van der Waals surface area contributed by atoms with Gasteiger partial charge < -0.3 is 9.47 Å². The van der Waals surface area contributed by atoms with Gasteiger partial charge in [0.05, 0.1) is 6.61 Å². The van der Waals surface area contributed by atoms with Crippen molar-refractivity contribution in [1.29, 1.82) is 0 Å². The second-order valence-electron chi connectivity index (χ2n) is 5.09. The van der Waals surface area contributed by atoms with Crippen LogP contribution in [0.2, 0.25) is 0 Å². The van der Waals surface area contributed by atoms with E-state index in [1.807, 2.05) is 0 Å². The highest BCUT2D eigenvalue weighted by Gasteiger charge is 2.39. The Bertz CT molecular complexity index is 400. The Labute approximate surface area is 150 Å². The average Bonchev–Trinajstić information content (AvgIpc) is 2.46. The molecule has 0 saturated carbocycles. The zero-order valence-electron chi connectivity index (χ0n) is 13.0. The fraction of sp³-hybridized carbons (Fsp3) is 0.786. The van der Waals surface area contributed by atoms with Crippen molar-refractivity contribution in [2.75, 3.05) is 6.61 Å². The van der Waals surface area contributed by atoms with E-state index in [0.717, 1.165) is 25.7 Å². The maximum absolute atomic E-state index is 11.5. The lowest BCUT2D eigenvalue weighted by molar-refractivity contribution is -0.162. The van der Waals surface area contributed by atoms with E-state index < -0.39 is 21.5 Å². The van der Waals surface area contributed by atoms with Crippen molar-refractivity contribution >= 4 is 53.0 Å². The smallest absolute Gasteiger partial charge is 0.360 e. The van der Waals surface area contributed by atoms with Crippen LogP contribution in [0.5, 0.6) is 0 Å². The van der Waals surface area contributed by atoms with Crippen LogP contribution < -0.4 is 5.73 Å². The van der Waals surface area contributed by atoms with Crippen molar-refractivity contribution in [3.05, 3.63) is 0 Å². The fourth-order valence-electron chi connectivity index (χ4n) is 1.66. The minimum Gasteiger partial charge on any atom is -0.466 e. The van der Waals surface area contributed by atoms with Crippen molar-refractivity contribution in [2.45, 2.75) is 61.4 Å². The summed E-state index contributed by atoms with van der Waals surface area (Å²) in [6, 6.07) is 0. The van der Waals surface area contributed by atoms with E-state index in [2.05, 4.69) is 11.7 Å². The summed E-state index contributed by atoms with van der Waals surface area (Å²) >= 11 is 16.0. The number of halogens is 3. The number of alkyl halides is 3. The monoisotopic (exact) mass is 389 g/mol. The SMILES string of the molecule is CCCCCCOC(=O)CCCC(N)(C=O)OC(=O)C(Cl)(Cl)Cl. The molecular formula is C14H22Cl3NO5. The third-order valence-corrected chi connectivity index (χ3v) is 3.39. The Morgan fingerprint density at radius 1 is 1.13 bits per heavy atom. The van der Waals surface area contributed by atoms with Crippen LogP contribution in [0.15, 0.2) is 0 Å². The average molecular weight is 391 g/mol. The quantitative estimate of drug-likeness (QED) is 0.191. The summed E-state index contributed by atoms with van der Waals surface area (Å²) < 4.78 is 7.39. The molecule has 9 heteroatoms. The number of unbranched alkanes of at least 4 members (excludes halogenated alkanes) is 3. The van der Waals surface area contributed by atoms with Crippen molar-refractivity contribution in [2.24, 2.45) is 5.73 Å². The first-order valence-electron chi connectivity index (χ1n) is 7.35. The number of hydrogen-bond donors (Lipinski definition) is 1. The maximum Gasteiger partial charge on any atom is 0.360 e. The minimum atomic E-state index is -2.33. The number of hydrogen-bond acceptors (Lipinski definition) is 6. The van der Waals surface area contributed by atoms with Crippen LogP contribution >= 0.6 is 34.8 Å². The standard InChI is InChI=1S/C14H22Cl3NO5/c1-2-3-4-5-9-22-11(20)7-6-8-13(18,10-19)23-12(21)14(15,16)17/h10H,2-9,18H2,1H3. The summed E-state index contributed by atoms with van der Waals surface area (Å²) in [5.41, 5.74) is 3.65. The van der Waals surface area contributed by atoms with E-state index in [4.69, 9.17) is 45.3 Å². The molecule has 1 atom stereocenters. The van der Waals surface area contributed by atoms with E-state index in [9.17, 15) is 14.4 Å². The van der Waals surface area contributed by atoms with Crippen LogP contribution in [-0.2, 0) is 23.9 Å². The van der Waals surface area contributed by atoms with Gasteiger partial charge >= 0.3 is 11.9 Å². The van der Waals surface area contributed by atoms with Gasteiger partial charge in [0.25, 0.3) is 3.79 Å². The molecule has 0 spiro atoms. The third kappa shape index (κ3) is 10.8. The summed E-state index contributed by atoms with van der Waals surface area (Å²) in [4.78, 5) is 33.9. The first-order valence-corrected chi connectivity index (χ1v) is 8.49. The molecule has 23 heavy (non-hydrogen) atoms. The van der Waals surface area contributed by atoms with Gasteiger partial charge in [0.15, 0.2) is 6.29 Å². The number of aldehydes is 1. The molecule has 0 fully saturated rings. The maximum atomic E-state index is 11.5. The number of ether oxygens (including phenoxy) is 2. The van der Waals surface area contributed by atoms with Crippen LogP contribution in [0.1, 0.15) is 51.9 Å². The number of rotatable bonds is 11. The normalized spacial score (nSPS) is 14.0. The number of nitrogens with two attached hydrogens (primary N) is 1. The highest BCUT2D eigenvalue weighted by Crippen LogP contribution is 2.29. The van der Waals surface area contributed by atoms with Gasteiger partial charge in [0.1, 0.15) is 0 Å². The molecule has 0 aromatic heterocycles. The molecule has 0 rings (SSSR count). The topological polar surface area (TPSA) is 95.7 Å². The van der Waals surface area contributed by atoms with Crippen LogP contribution in [-0.4, -0.2) is 34.3 Å². The largest absolute Gasteiger partial charge is 0.466 e. The molecule has 0 aliphatic rings. The minimum absolute atomic E-state index is 0.0475. The Morgan fingerprint density at radius 2 is 1.78 bits per heavy atom. The molecule has 0 heterocycles. The summed E-state index contributed by atoms with van der Waals surface area (Å²) in [5.74, 6) is -1.65. The van der Waals surface area contributed by atoms with Crippen molar-refractivity contribution in [3.63, 3.8) is 0 Å². The van der Waals surface area contributed by atoms with Gasteiger partial charge in [-0.2, -0.15) is 0 Å². The molecule has 0 aromatic rings. The van der Waals surface area contributed by atoms with Gasteiger partial charge in [-0.05, 0) is 12.8 Å². The summed E-state index contributed by atoms with van der Waals surface area (Å²) in [6.45, 7) is 2.45. The lowest BCUT2D eigenvalue weighted by atomic mass is 10.1. The second-order valence-corrected chi connectivity index (χ2v) is 7.38. The Kier molecular flexibility index (Phi) is 10.8. The molecular weight excluding hydrogens is 369 g/mol.